The number of aryl methyl sites for hydroxylation is 1. The maximum atomic E-state index is 3.47. The van der Waals surface area contributed by atoms with E-state index in [-0.39, 0.29) is 0 Å². The van der Waals surface area contributed by atoms with Gasteiger partial charge in [-0.2, -0.15) is 0 Å². The van der Waals surface area contributed by atoms with Crippen LogP contribution in [0.2, 0.25) is 0 Å². The Balaban J connectivity index is 1.89. The molecular formula is C29H31N. The highest BCUT2D eigenvalue weighted by Crippen LogP contribution is 2.29. The van der Waals surface area contributed by atoms with Crippen LogP contribution in [0.5, 0.6) is 0 Å². The summed E-state index contributed by atoms with van der Waals surface area (Å²) < 4.78 is 0. The van der Waals surface area contributed by atoms with Crippen molar-refractivity contribution in [1.29, 1.82) is 0 Å². The van der Waals surface area contributed by atoms with Crippen LogP contribution >= 0.6 is 0 Å². The third-order valence-electron chi connectivity index (χ3n) is 5.04. The van der Waals surface area contributed by atoms with Crippen LogP contribution in [-0.2, 0) is 0 Å². The fraction of sp³-hybridized carbons (Fsp3) is 0.172. The summed E-state index contributed by atoms with van der Waals surface area (Å²) in [4.78, 5) is 0. The van der Waals surface area contributed by atoms with Gasteiger partial charge in [-0.15, -0.1) is 0 Å². The molecule has 1 heteroatoms. The molecular weight excluding hydrogens is 362 g/mol. The number of hydrogen-bond donors (Lipinski definition) is 1. The van der Waals surface area contributed by atoms with E-state index in [1.165, 1.54) is 27.8 Å². The lowest BCUT2D eigenvalue weighted by Crippen LogP contribution is -1.91. The summed E-state index contributed by atoms with van der Waals surface area (Å²) in [6, 6.07) is 27.7. The smallest absolute Gasteiger partial charge is 0.0384 e. The zero-order valence-electron chi connectivity index (χ0n) is 18.2. The predicted octanol–water partition coefficient (Wildman–Crippen LogP) is 8.58. The second-order valence-electron chi connectivity index (χ2n) is 7.42. The molecule has 0 radical (unpaired) electrons. The van der Waals surface area contributed by atoms with Crippen LogP contribution in [0.3, 0.4) is 0 Å². The van der Waals surface area contributed by atoms with E-state index in [1.807, 2.05) is 0 Å². The first kappa shape index (κ1) is 21.4. The second-order valence-corrected chi connectivity index (χ2v) is 7.42. The molecule has 152 valence electrons. The maximum absolute atomic E-state index is 3.47. The Labute approximate surface area is 181 Å². The molecule has 0 fully saturated rings. The summed E-state index contributed by atoms with van der Waals surface area (Å²) in [6.07, 6.45) is 10.9. The summed E-state index contributed by atoms with van der Waals surface area (Å²) in [7, 11) is 0. The molecule has 0 spiro atoms. The van der Waals surface area contributed by atoms with Gasteiger partial charge in [0.1, 0.15) is 0 Å². The summed E-state index contributed by atoms with van der Waals surface area (Å²) >= 11 is 0. The highest BCUT2D eigenvalue weighted by molar-refractivity contribution is 5.91. The molecule has 0 unspecified atom stereocenters. The summed E-state index contributed by atoms with van der Waals surface area (Å²) in [5.41, 5.74) is 8.52. The number of allylic oxidation sites excluding steroid dienone is 5. The summed E-state index contributed by atoms with van der Waals surface area (Å²) in [5.74, 6) is 0. The van der Waals surface area contributed by atoms with Crippen LogP contribution in [0, 0.1) is 6.92 Å². The molecule has 0 aliphatic rings. The molecule has 0 bridgehead atoms. The Kier molecular flexibility index (Phi) is 7.86. The Morgan fingerprint density at radius 2 is 1.43 bits per heavy atom. The molecule has 0 atom stereocenters. The lowest BCUT2D eigenvalue weighted by molar-refractivity contribution is 1.15. The highest BCUT2D eigenvalue weighted by Gasteiger charge is 2.06. The van der Waals surface area contributed by atoms with Gasteiger partial charge in [-0.3, -0.25) is 0 Å². The third kappa shape index (κ3) is 6.09. The minimum atomic E-state index is 0.988. The average Bonchev–Trinajstić information content (AvgIpc) is 2.79. The number of rotatable bonds is 8. The molecule has 0 saturated carbocycles. The van der Waals surface area contributed by atoms with Gasteiger partial charge in [-0.05, 0) is 72.4 Å². The monoisotopic (exact) mass is 393 g/mol. The van der Waals surface area contributed by atoms with Gasteiger partial charge in [-0.1, -0.05) is 92.2 Å². The van der Waals surface area contributed by atoms with E-state index in [9.17, 15) is 0 Å². The molecule has 0 aromatic heterocycles. The summed E-state index contributed by atoms with van der Waals surface area (Å²) in [6.45, 7) is 6.49. The molecule has 0 aliphatic heterocycles. The van der Waals surface area contributed by atoms with Crippen molar-refractivity contribution in [2.75, 3.05) is 5.32 Å². The minimum absolute atomic E-state index is 0.988. The van der Waals surface area contributed by atoms with Crippen molar-refractivity contribution in [3.63, 3.8) is 0 Å². The standard InChI is InChI=1S/C29H31N/c1-4-6-8-11-25(5-2)29(26-12-9-7-10-13-26)22-24-16-20-28(21-17-24)30-27-18-14-23(3)15-19-27/h6-22,30H,4-5H2,1-3H3/b8-6-,25-11+,29-22-. The Bertz CT molecular complexity index is 1000. The van der Waals surface area contributed by atoms with E-state index < -0.39 is 0 Å². The zero-order chi connectivity index (χ0) is 21.2. The molecule has 0 amide bonds. The van der Waals surface area contributed by atoms with Crippen LogP contribution < -0.4 is 5.32 Å². The molecule has 30 heavy (non-hydrogen) atoms. The van der Waals surface area contributed by atoms with Gasteiger partial charge in [0, 0.05) is 11.4 Å². The first-order chi connectivity index (χ1) is 14.7. The van der Waals surface area contributed by atoms with Crippen LogP contribution in [-0.4, -0.2) is 0 Å². The van der Waals surface area contributed by atoms with E-state index in [2.05, 4.69) is 129 Å². The first-order valence-electron chi connectivity index (χ1n) is 10.8. The van der Waals surface area contributed by atoms with Crippen LogP contribution in [0.1, 0.15) is 43.4 Å². The number of hydrogen-bond acceptors (Lipinski definition) is 1. The normalized spacial score (nSPS) is 12.4. The van der Waals surface area contributed by atoms with E-state index in [4.69, 9.17) is 0 Å². The molecule has 0 saturated heterocycles. The summed E-state index contributed by atoms with van der Waals surface area (Å²) in [5, 5.41) is 3.47. The lowest BCUT2D eigenvalue weighted by atomic mass is 9.93. The molecule has 3 rings (SSSR count). The van der Waals surface area contributed by atoms with Gasteiger partial charge in [-0.25, -0.2) is 0 Å². The molecule has 1 nitrogen and oxygen atoms in total. The van der Waals surface area contributed by atoms with Crippen LogP contribution in [0.4, 0.5) is 11.4 Å². The second kappa shape index (κ2) is 11.0. The van der Waals surface area contributed by atoms with Crippen LogP contribution in [0.25, 0.3) is 11.6 Å². The van der Waals surface area contributed by atoms with Crippen LogP contribution in [0.15, 0.2) is 103 Å². The maximum Gasteiger partial charge on any atom is 0.0384 e. The predicted molar refractivity (Wildman–Crippen MR) is 133 cm³/mol. The Hall–Kier alpha value is -3.32. The zero-order valence-corrected chi connectivity index (χ0v) is 18.2. The minimum Gasteiger partial charge on any atom is -0.356 e. The topological polar surface area (TPSA) is 12.0 Å². The van der Waals surface area contributed by atoms with Gasteiger partial charge in [0.05, 0.1) is 0 Å². The van der Waals surface area contributed by atoms with Gasteiger partial charge in [0.2, 0.25) is 0 Å². The van der Waals surface area contributed by atoms with Crippen molar-refractivity contribution in [3.05, 3.63) is 119 Å². The van der Waals surface area contributed by atoms with E-state index in [0.717, 1.165) is 24.2 Å². The van der Waals surface area contributed by atoms with Gasteiger partial charge in [0.25, 0.3) is 0 Å². The Morgan fingerprint density at radius 1 is 0.800 bits per heavy atom. The fourth-order valence-electron chi connectivity index (χ4n) is 3.33. The SMILES string of the molecule is CC\C=C/C=C(CC)/C(=C/c1ccc(Nc2ccc(C)cc2)cc1)c1ccccc1. The van der Waals surface area contributed by atoms with Gasteiger partial charge < -0.3 is 5.32 Å². The van der Waals surface area contributed by atoms with Crippen molar-refractivity contribution < 1.29 is 0 Å². The molecule has 3 aromatic rings. The average molecular weight is 394 g/mol. The molecule has 1 N–H and O–H groups in total. The third-order valence-corrected chi connectivity index (χ3v) is 5.04. The van der Waals surface area contributed by atoms with E-state index in [1.54, 1.807) is 0 Å². The quantitative estimate of drug-likeness (QED) is 0.298. The van der Waals surface area contributed by atoms with E-state index >= 15 is 0 Å². The molecule has 3 aromatic carbocycles. The first-order valence-corrected chi connectivity index (χ1v) is 10.8. The van der Waals surface area contributed by atoms with Crippen molar-refractivity contribution >= 4 is 23.0 Å². The van der Waals surface area contributed by atoms with Gasteiger partial charge in [0.15, 0.2) is 0 Å². The lowest BCUT2D eigenvalue weighted by Gasteiger charge is -2.12. The van der Waals surface area contributed by atoms with Crippen molar-refractivity contribution in [3.8, 4) is 0 Å². The van der Waals surface area contributed by atoms with Crippen molar-refractivity contribution in [2.24, 2.45) is 0 Å². The molecule has 0 heterocycles. The Morgan fingerprint density at radius 3 is 2.03 bits per heavy atom. The van der Waals surface area contributed by atoms with E-state index in [0.29, 0.717) is 0 Å². The van der Waals surface area contributed by atoms with Crippen molar-refractivity contribution in [2.45, 2.75) is 33.6 Å². The van der Waals surface area contributed by atoms with Crippen molar-refractivity contribution in [1.82, 2.24) is 0 Å². The highest BCUT2D eigenvalue weighted by atomic mass is 14.9. The number of anilines is 2. The number of benzene rings is 3. The largest absolute Gasteiger partial charge is 0.356 e. The van der Waals surface area contributed by atoms with Gasteiger partial charge >= 0.3 is 0 Å². The fourth-order valence-corrected chi connectivity index (χ4v) is 3.33. The molecule has 0 aliphatic carbocycles. The number of nitrogens with one attached hydrogen (secondary N) is 1.